The van der Waals surface area contributed by atoms with E-state index in [1.165, 1.54) is 24.8 Å². The Morgan fingerprint density at radius 2 is 2.10 bits per heavy atom. The van der Waals surface area contributed by atoms with E-state index in [0.717, 1.165) is 27.7 Å². The first-order valence-corrected chi connectivity index (χ1v) is 9.55. The molecule has 112 valence electrons. The molecule has 2 rings (SSSR count). The summed E-state index contributed by atoms with van der Waals surface area (Å²) in [5.41, 5.74) is 2.03. The maximum absolute atomic E-state index is 10.5. The largest absolute Gasteiger partial charge is 0.506 e. The summed E-state index contributed by atoms with van der Waals surface area (Å²) >= 11 is 4.69. The van der Waals surface area contributed by atoms with Gasteiger partial charge in [0.2, 0.25) is 0 Å². The number of halogens is 2. The van der Waals surface area contributed by atoms with E-state index in [4.69, 9.17) is 4.74 Å². The van der Waals surface area contributed by atoms with Crippen LogP contribution in [0.5, 0.6) is 11.5 Å². The molecule has 20 heavy (non-hydrogen) atoms. The molecule has 0 radical (unpaired) electrons. The van der Waals surface area contributed by atoms with Gasteiger partial charge in [0.25, 0.3) is 0 Å². The SMILES string of the molecule is CCCCCc1cc2c(c(O)c1I)CC(I)C(C)(C)O2. The molecule has 1 aromatic carbocycles. The molecule has 1 aliphatic heterocycles. The molecule has 0 saturated carbocycles. The lowest BCUT2D eigenvalue weighted by molar-refractivity contribution is 0.0953. The number of aryl methyl sites for hydroxylation is 1. The minimum absolute atomic E-state index is 0.173. The van der Waals surface area contributed by atoms with Crippen LogP contribution in [0.25, 0.3) is 0 Å². The van der Waals surface area contributed by atoms with Crippen molar-refractivity contribution < 1.29 is 9.84 Å². The van der Waals surface area contributed by atoms with Crippen LogP contribution in [0.2, 0.25) is 0 Å². The zero-order valence-corrected chi connectivity index (χ0v) is 16.6. The summed E-state index contributed by atoms with van der Waals surface area (Å²) in [6.07, 6.45) is 5.51. The van der Waals surface area contributed by atoms with E-state index in [1.807, 2.05) is 0 Å². The van der Waals surface area contributed by atoms with Crippen molar-refractivity contribution in [3.63, 3.8) is 0 Å². The molecular weight excluding hydrogens is 478 g/mol. The third-order valence-electron chi connectivity index (χ3n) is 3.94. The van der Waals surface area contributed by atoms with Crippen LogP contribution in [-0.4, -0.2) is 14.6 Å². The van der Waals surface area contributed by atoms with E-state index in [2.05, 4.69) is 72.0 Å². The van der Waals surface area contributed by atoms with E-state index in [0.29, 0.717) is 9.67 Å². The van der Waals surface area contributed by atoms with Gasteiger partial charge in [-0.1, -0.05) is 42.4 Å². The summed E-state index contributed by atoms with van der Waals surface area (Å²) in [6, 6.07) is 2.15. The van der Waals surface area contributed by atoms with E-state index in [9.17, 15) is 5.11 Å². The van der Waals surface area contributed by atoms with Crippen molar-refractivity contribution in [2.75, 3.05) is 0 Å². The number of hydrogen-bond donors (Lipinski definition) is 1. The summed E-state index contributed by atoms with van der Waals surface area (Å²) < 4.78 is 7.52. The van der Waals surface area contributed by atoms with E-state index < -0.39 is 0 Å². The average Bonchev–Trinajstić information content (AvgIpc) is 2.38. The van der Waals surface area contributed by atoms with Crippen LogP contribution < -0.4 is 4.74 Å². The van der Waals surface area contributed by atoms with Gasteiger partial charge in [-0.15, -0.1) is 0 Å². The number of rotatable bonds is 4. The molecular formula is C16H22I2O2. The minimum Gasteiger partial charge on any atom is -0.506 e. The first-order chi connectivity index (χ1) is 9.36. The van der Waals surface area contributed by atoms with Crippen LogP contribution in [0.4, 0.5) is 0 Å². The first-order valence-electron chi connectivity index (χ1n) is 7.23. The van der Waals surface area contributed by atoms with Crippen molar-refractivity contribution in [3.8, 4) is 11.5 Å². The van der Waals surface area contributed by atoms with Gasteiger partial charge in [-0.2, -0.15) is 0 Å². The average molecular weight is 500 g/mol. The summed E-state index contributed by atoms with van der Waals surface area (Å²) in [7, 11) is 0. The molecule has 1 N–H and O–H groups in total. The molecule has 0 saturated heterocycles. The van der Waals surface area contributed by atoms with Crippen molar-refractivity contribution in [2.45, 2.75) is 62.4 Å². The zero-order valence-electron chi connectivity index (χ0n) is 12.3. The Balaban J connectivity index is 2.34. The molecule has 1 atom stereocenters. The van der Waals surface area contributed by atoms with Crippen LogP contribution in [0.15, 0.2) is 6.07 Å². The number of unbranched alkanes of at least 4 members (excludes halogenated alkanes) is 2. The molecule has 1 aromatic rings. The van der Waals surface area contributed by atoms with Gasteiger partial charge < -0.3 is 9.84 Å². The Labute approximate surface area is 149 Å². The van der Waals surface area contributed by atoms with Crippen LogP contribution in [0, 0.1) is 3.57 Å². The number of phenolic OH excluding ortho intramolecular Hbond substituents is 1. The molecule has 1 heterocycles. The van der Waals surface area contributed by atoms with Gasteiger partial charge in [0, 0.05) is 5.56 Å². The summed E-state index contributed by atoms with van der Waals surface area (Å²) in [4.78, 5) is 0. The third-order valence-corrected chi connectivity index (χ3v) is 7.08. The van der Waals surface area contributed by atoms with E-state index in [1.54, 1.807) is 0 Å². The second-order valence-electron chi connectivity index (χ2n) is 6.01. The Morgan fingerprint density at radius 1 is 1.40 bits per heavy atom. The number of hydrogen-bond acceptors (Lipinski definition) is 2. The topological polar surface area (TPSA) is 29.5 Å². The standard InChI is InChI=1S/C16H22I2O2/c1-4-5-6-7-10-8-12-11(15(19)14(10)18)9-13(17)16(2,3)20-12/h8,13,19H,4-7,9H2,1-3H3. The van der Waals surface area contributed by atoms with Gasteiger partial charge >= 0.3 is 0 Å². The fraction of sp³-hybridized carbons (Fsp3) is 0.625. The highest BCUT2D eigenvalue weighted by atomic mass is 127. The van der Waals surface area contributed by atoms with Gasteiger partial charge in [0.1, 0.15) is 17.1 Å². The monoisotopic (exact) mass is 500 g/mol. The van der Waals surface area contributed by atoms with Crippen LogP contribution in [0.3, 0.4) is 0 Å². The normalized spacial score (nSPS) is 20.4. The fourth-order valence-corrected chi connectivity index (χ4v) is 3.84. The highest BCUT2D eigenvalue weighted by molar-refractivity contribution is 14.1. The molecule has 2 nitrogen and oxygen atoms in total. The molecule has 0 bridgehead atoms. The Bertz CT molecular complexity index is 498. The maximum atomic E-state index is 10.5. The lowest BCUT2D eigenvalue weighted by atomic mass is 9.92. The second-order valence-corrected chi connectivity index (χ2v) is 8.59. The predicted molar refractivity (Wildman–Crippen MR) is 100 cm³/mol. The quantitative estimate of drug-likeness (QED) is 0.348. The second kappa shape index (κ2) is 6.58. The van der Waals surface area contributed by atoms with E-state index in [-0.39, 0.29) is 5.60 Å². The summed E-state index contributed by atoms with van der Waals surface area (Å²) in [5.74, 6) is 1.32. The van der Waals surface area contributed by atoms with E-state index >= 15 is 0 Å². The van der Waals surface area contributed by atoms with Crippen molar-refractivity contribution in [3.05, 3.63) is 20.8 Å². The number of alkyl halides is 1. The number of phenols is 1. The lowest BCUT2D eigenvalue weighted by Gasteiger charge is -2.37. The highest BCUT2D eigenvalue weighted by Gasteiger charge is 2.37. The number of ether oxygens (including phenoxy) is 1. The van der Waals surface area contributed by atoms with Crippen molar-refractivity contribution >= 4 is 45.2 Å². The number of aromatic hydroxyl groups is 1. The highest BCUT2D eigenvalue weighted by Crippen LogP contribution is 2.44. The predicted octanol–water partition coefficient (Wildman–Crippen LogP) is 5.25. The minimum atomic E-state index is -0.173. The first kappa shape index (κ1) is 16.6. The van der Waals surface area contributed by atoms with Gasteiger partial charge in [0.05, 0.1) is 7.49 Å². The molecule has 1 aliphatic rings. The van der Waals surface area contributed by atoms with Gasteiger partial charge in [-0.3, -0.25) is 0 Å². The smallest absolute Gasteiger partial charge is 0.136 e. The number of benzene rings is 1. The molecule has 4 heteroatoms. The molecule has 0 aromatic heterocycles. The van der Waals surface area contributed by atoms with Crippen molar-refractivity contribution in [1.29, 1.82) is 0 Å². The molecule has 0 amide bonds. The Kier molecular flexibility index (Phi) is 5.48. The van der Waals surface area contributed by atoms with Crippen molar-refractivity contribution in [1.82, 2.24) is 0 Å². The molecule has 0 spiro atoms. The zero-order chi connectivity index (χ0) is 14.9. The fourth-order valence-electron chi connectivity index (χ4n) is 2.52. The maximum Gasteiger partial charge on any atom is 0.136 e. The molecule has 1 unspecified atom stereocenters. The van der Waals surface area contributed by atoms with Gasteiger partial charge in [0.15, 0.2) is 0 Å². The Morgan fingerprint density at radius 3 is 2.75 bits per heavy atom. The molecule has 0 aliphatic carbocycles. The van der Waals surface area contributed by atoms with Crippen molar-refractivity contribution in [2.24, 2.45) is 0 Å². The molecule has 0 fully saturated rings. The third kappa shape index (κ3) is 3.36. The van der Waals surface area contributed by atoms with Gasteiger partial charge in [-0.25, -0.2) is 0 Å². The summed E-state index contributed by atoms with van der Waals surface area (Å²) in [6.45, 7) is 6.46. The van der Waals surface area contributed by atoms with Crippen LogP contribution in [-0.2, 0) is 12.8 Å². The number of fused-ring (bicyclic) bond motifs is 1. The summed E-state index contributed by atoms with van der Waals surface area (Å²) in [5, 5.41) is 10.5. The van der Waals surface area contributed by atoms with Crippen LogP contribution >= 0.6 is 45.2 Å². The Hall–Kier alpha value is 0.280. The van der Waals surface area contributed by atoms with Gasteiger partial charge in [-0.05, 0) is 67.3 Å². The lowest BCUT2D eigenvalue weighted by Crippen LogP contribution is -2.42. The van der Waals surface area contributed by atoms with Crippen LogP contribution in [0.1, 0.15) is 51.2 Å².